The van der Waals surface area contributed by atoms with Gasteiger partial charge in [-0.15, -0.1) is 0 Å². The summed E-state index contributed by atoms with van der Waals surface area (Å²) in [5.74, 6) is 0. The van der Waals surface area contributed by atoms with Gasteiger partial charge in [0.25, 0.3) is 0 Å². The molecular formula is C21H23NO3S. The van der Waals surface area contributed by atoms with E-state index in [2.05, 4.69) is 12.1 Å². The molecule has 2 atom stereocenters. The first-order valence-electron chi connectivity index (χ1n) is 8.93. The first-order chi connectivity index (χ1) is 12.4. The fourth-order valence-corrected chi connectivity index (χ4v) is 5.19. The van der Waals surface area contributed by atoms with Gasteiger partial charge in [-0.3, -0.25) is 0 Å². The van der Waals surface area contributed by atoms with E-state index in [0.29, 0.717) is 18.0 Å². The maximum absolute atomic E-state index is 13.0. The number of benzene rings is 2. The molecule has 2 aliphatic rings. The highest BCUT2D eigenvalue weighted by atomic mass is 32.2. The van der Waals surface area contributed by atoms with E-state index in [4.69, 9.17) is 4.74 Å². The van der Waals surface area contributed by atoms with Crippen LogP contribution in [0.2, 0.25) is 0 Å². The third-order valence-electron chi connectivity index (χ3n) is 5.29. The molecule has 0 saturated carbocycles. The molecule has 0 saturated heterocycles. The fourth-order valence-electron chi connectivity index (χ4n) is 3.78. The Hall–Kier alpha value is -1.95. The highest BCUT2D eigenvalue weighted by Gasteiger charge is 2.38. The van der Waals surface area contributed by atoms with E-state index in [9.17, 15) is 8.42 Å². The van der Waals surface area contributed by atoms with Gasteiger partial charge in [0, 0.05) is 19.5 Å². The average molecular weight is 369 g/mol. The number of rotatable bonds is 3. The van der Waals surface area contributed by atoms with E-state index in [-0.39, 0.29) is 12.2 Å². The second kappa shape index (κ2) is 6.65. The van der Waals surface area contributed by atoms with E-state index < -0.39 is 10.0 Å². The summed E-state index contributed by atoms with van der Waals surface area (Å²) in [5, 5.41) is 0. The Morgan fingerprint density at radius 3 is 2.38 bits per heavy atom. The van der Waals surface area contributed by atoms with Crippen molar-refractivity contribution in [2.24, 2.45) is 0 Å². The van der Waals surface area contributed by atoms with Gasteiger partial charge in [0.1, 0.15) is 0 Å². The van der Waals surface area contributed by atoms with Crippen LogP contribution in [0.4, 0.5) is 0 Å². The van der Waals surface area contributed by atoms with Crippen LogP contribution in [0.15, 0.2) is 70.6 Å². The fraction of sp³-hybridized carbons (Fsp3) is 0.333. The van der Waals surface area contributed by atoms with Crippen LogP contribution in [0.25, 0.3) is 0 Å². The van der Waals surface area contributed by atoms with Gasteiger partial charge in [0.2, 0.25) is 10.0 Å². The van der Waals surface area contributed by atoms with Crippen LogP contribution in [0.3, 0.4) is 0 Å². The van der Waals surface area contributed by atoms with Gasteiger partial charge in [-0.05, 0) is 42.7 Å². The molecule has 0 spiro atoms. The molecule has 2 aromatic rings. The van der Waals surface area contributed by atoms with Crippen molar-refractivity contribution in [3.8, 4) is 0 Å². The summed E-state index contributed by atoms with van der Waals surface area (Å²) in [4.78, 5) is 0.358. The van der Waals surface area contributed by atoms with Crippen molar-refractivity contribution < 1.29 is 13.2 Å². The molecule has 0 radical (unpaired) electrons. The normalized spacial score (nSPS) is 23.9. The monoisotopic (exact) mass is 369 g/mol. The van der Waals surface area contributed by atoms with Crippen molar-refractivity contribution >= 4 is 10.0 Å². The average Bonchev–Trinajstić information content (AvgIpc) is 3.08. The van der Waals surface area contributed by atoms with Gasteiger partial charge in [-0.25, -0.2) is 8.42 Å². The molecule has 0 unspecified atom stereocenters. The molecule has 136 valence electrons. The van der Waals surface area contributed by atoms with Crippen LogP contribution in [-0.2, 0) is 14.8 Å². The summed E-state index contributed by atoms with van der Waals surface area (Å²) in [7, 11) is -3.48. The Morgan fingerprint density at radius 2 is 1.69 bits per heavy atom. The third-order valence-corrected chi connectivity index (χ3v) is 7.09. The van der Waals surface area contributed by atoms with E-state index in [1.807, 2.05) is 44.2 Å². The van der Waals surface area contributed by atoms with E-state index in [1.165, 1.54) is 5.57 Å². The number of ether oxygens (including phenoxy) is 1. The standard InChI is InChI=1S/C21H23NO3S/c1-15-8-10-19(11-9-15)26(23,24)22-13-18-12-21(17-6-4-3-5-7-17)25-16(2)20(18)14-22/h3-11,16,21H,12-14H2,1-2H3/t16-,21-/m1/s1. The predicted octanol–water partition coefficient (Wildman–Crippen LogP) is 3.85. The van der Waals surface area contributed by atoms with Crippen molar-refractivity contribution in [2.45, 2.75) is 37.4 Å². The molecule has 0 aliphatic carbocycles. The largest absolute Gasteiger partial charge is 0.366 e. The van der Waals surface area contributed by atoms with Crippen molar-refractivity contribution in [3.05, 3.63) is 76.9 Å². The SMILES string of the molecule is Cc1ccc(S(=O)(=O)N2CC3=C(C2)[C@@H](C)O[C@@H](c2ccccc2)C3)cc1. The summed E-state index contributed by atoms with van der Waals surface area (Å²) in [6, 6.07) is 17.2. The number of hydrogen-bond acceptors (Lipinski definition) is 3. The summed E-state index contributed by atoms with van der Waals surface area (Å²) in [6.45, 7) is 4.86. The molecule has 26 heavy (non-hydrogen) atoms. The van der Waals surface area contributed by atoms with Gasteiger partial charge < -0.3 is 4.74 Å². The van der Waals surface area contributed by atoms with Crippen molar-refractivity contribution in [1.29, 1.82) is 0 Å². The van der Waals surface area contributed by atoms with Crippen LogP contribution >= 0.6 is 0 Å². The molecular weight excluding hydrogens is 346 g/mol. The lowest BCUT2D eigenvalue weighted by Crippen LogP contribution is -2.30. The lowest BCUT2D eigenvalue weighted by atomic mass is 9.94. The van der Waals surface area contributed by atoms with Crippen LogP contribution in [-0.4, -0.2) is 31.9 Å². The molecule has 2 heterocycles. The molecule has 0 aromatic heterocycles. The zero-order valence-corrected chi connectivity index (χ0v) is 15.9. The Kier molecular flexibility index (Phi) is 4.47. The second-order valence-corrected chi connectivity index (χ2v) is 9.03. The zero-order valence-electron chi connectivity index (χ0n) is 15.1. The van der Waals surface area contributed by atoms with Gasteiger partial charge in [-0.2, -0.15) is 4.31 Å². The Bertz CT molecular complexity index is 933. The highest BCUT2D eigenvalue weighted by molar-refractivity contribution is 7.89. The summed E-state index contributed by atoms with van der Waals surface area (Å²) in [6.07, 6.45) is 0.679. The third kappa shape index (κ3) is 3.11. The lowest BCUT2D eigenvalue weighted by Gasteiger charge is -2.29. The minimum atomic E-state index is -3.48. The predicted molar refractivity (Wildman–Crippen MR) is 101 cm³/mol. The smallest absolute Gasteiger partial charge is 0.243 e. The number of aryl methyl sites for hydroxylation is 1. The first kappa shape index (κ1) is 17.5. The van der Waals surface area contributed by atoms with Crippen LogP contribution < -0.4 is 0 Å². The maximum Gasteiger partial charge on any atom is 0.243 e. The Morgan fingerprint density at radius 1 is 1.00 bits per heavy atom. The first-order valence-corrected chi connectivity index (χ1v) is 10.4. The molecule has 0 N–H and O–H groups in total. The molecule has 0 amide bonds. The summed E-state index contributed by atoms with van der Waals surface area (Å²) < 4.78 is 33.8. The van der Waals surface area contributed by atoms with Crippen LogP contribution in [0.5, 0.6) is 0 Å². The molecule has 2 aromatic carbocycles. The number of sulfonamides is 1. The molecule has 2 aliphatic heterocycles. The maximum atomic E-state index is 13.0. The number of hydrogen-bond donors (Lipinski definition) is 0. The molecule has 0 fully saturated rings. The summed E-state index contributed by atoms with van der Waals surface area (Å²) >= 11 is 0. The Labute approximate surface area is 155 Å². The van der Waals surface area contributed by atoms with Gasteiger partial charge >= 0.3 is 0 Å². The molecule has 4 rings (SSSR count). The van der Waals surface area contributed by atoms with E-state index in [1.54, 1.807) is 16.4 Å². The molecule has 0 bridgehead atoms. The van der Waals surface area contributed by atoms with Crippen molar-refractivity contribution in [1.82, 2.24) is 4.31 Å². The van der Waals surface area contributed by atoms with E-state index in [0.717, 1.165) is 23.1 Å². The highest BCUT2D eigenvalue weighted by Crippen LogP contribution is 2.39. The van der Waals surface area contributed by atoms with Crippen LogP contribution in [0, 0.1) is 6.92 Å². The van der Waals surface area contributed by atoms with Crippen LogP contribution in [0.1, 0.15) is 30.6 Å². The number of nitrogens with zero attached hydrogens (tertiary/aromatic N) is 1. The lowest BCUT2D eigenvalue weighted by molar-refractivity contribution is 0.00474. The molecule has 5 heteroatoms. The van der Waals surface area contributed by atoms with Gasteiger partial charge in [-0.1, -0.05) is 48.0 Å². The minimum absolute atomic E-state index is 0.00743. The zero-order chi connectivity index (χ0) is 18.3. The van der Waals surface area contributed by atoms with Crippen molar-refractivity contribution in [2.75, 3.05) is 13.1 Å². The summed E-state index contributed by atoms with van der Waals surface area (Å²) in [5.41, 5.74) is 4.52. The Balaban J connectivity index is 1.56. The minimum Gasteiger partial charge on any atom is -0.366 e. The quantitative estimate of drug-likeness (QED) is 0.772. The van der Waals surface area contributed by atoms with E-state index >= 15 is 0 Å². The van der Waals surface area contributed by atoms with Crippen molar-refractivity contribution in [3.63, 3.8) is 0 Å². The topological polar surface area (TPSA) is 46.6 Å². The van der Waals surface area contributed by atoms with Gasteiger partial charge in [0.15, 0.2) is 0 Å². The molecule has 4 nitrogen and oxygen atoms in total. The van der Waals surface area contributed by atoms with Gasteiger partial charge in [0.05, 0.1) is 17.1 Å². The second-order valence-electron chi connectivity index (χ2n) is 7.10.